The lowest BCUT2D eigenvalue weighted by atomic mass is 9.85. The number of likely N-dealkylation sites (tertiary alicyclic amines) is 1. The second kappa shape index (κ2) is 9.79. The molecule has 162 valence electrons. The number of ether oxygens (including phenoxy) is 1. The molecular weight excluding hydrogens is 388 g/mol. The number of carbonyl (C=O) groups is 1. The van der Waals surface area contributed by atoms with Crippen molar-refractivity contribution in [2.75, 3.05) is 27.2 Å². The van der Waals surface area contributed by atoms with Crippen LogP contribution in [0.4, 0.5) is 0 Å². The van der Waals surface area contributed by atoms with Crippen molar-refractivity contribution >= 4 is 5.91 Å². The van der Waals surface area contributed by atoms with Crippen LogP contribution in [0.2, 0.25) is 0 Å². The number of amides is 1. The van der Waals surface area contributed by atoms with Crippen molar-refractivity contribution in [1.29, 1.82) is 0 Å². The summed E-state index contributed by atoms with van der Waals surface area (Å²) >= 11 is 0. The quantitative estimate of drug-likeness (QED) is 0.637. The molecule has 1 fully saturated rings. The standard InChI is InChI=1S/C25H30N4O2/c1-28-14-6-7-21(25(28)20-10-12-23(31-2)13-11-20)17-26-24(30)15-19-16-27-29(18-19)22-8-4-3-5-9-22/h3-5,8-13,16,18,21,25H,6-7,14-15,17H2,1-2H3,(H,26,30). The summed E-state index contributed by atoms with van der Waals surface area (Å²) in [6, 6.07) is 18.5. The number of nitrogens with one attached hydrogen (secondary N) is 1. The largest absolute Gasteiger partial charge is 0.497 e. The first kappa shape index (κ1) is 21.1. The van der Waals surface area contributed by atoms with Crippen molar-refractivity contribution in [3.63, 3.8) is 0 Å². The molecule has 2 atom stereocenters. The van der Waals surface area contributed by atoms with Crippen molar-refractivity contribution < 1.29 is 9.53 Å². The number of hydrogen-bond donors (Lipinski definition) is 1. The lowest BCUT2D eigenvalue weighted by Gasteiger charge is -2.39. The predicted molar refractivity (Wildman–Crippen MR) is 121 cm³/mol. The number of hydrogen-bond acceptors (Lipinski definition) is 4. The van der Waals surface area contributed by atoms with Gasteiger partial charge in [0.15, 0.2) is 0 Å². The first-order chi connectivity index (χ1) is 15.1. The maximum atomic E-state index is 12.6. The van der Waals surface area contributed by atoms with Gasteiger partial charge >= 0.3 is 0 Å². The van der Waals surface area contributed by atoms with Gasteiger partial charge in [-0.2, -0.15) is 5.10 Å². The van der Waals surface area contributed by atoms with Crippen LogP contribution in [0.5, 0.6) is 5.75 Å². The summed E-state index contributed by atoms with van der Waals surface area (Å²) in [7, 11) is 3.85. The van der Waals surface area contributed by atoms with E-state index in [1.165, 1.54) is 5.56 Å². The van der Waals surface area contributed by atoms with E-state index in [2.05, 4.69) is 34.5 Å². The highest BCUT2D eigenvalue weighted by Crippen LogP contribution is 2.35. The zero-order chi connectivity index (χ0) is 21.6. The molecule has 1 amide bonds. The number of aromatic nitrogens is 2. The fraction of sp³-hybridized carbons (Fsp3) is 0.360. The van der Waals surface area contributed by atoms with Crippen molar-refractivity contribution in [2.45, 2.75) is 25.3 Å². The number of rotatable bonds is 7. The number of benzene rings is 2. The fourth-order valence-corrected chi connectivity index (χ4v) is 4.47. The molecule has 1 N–H and O–H groups in total. The van der Waals surface area contributed by atoms with E-state index in [9.17, 15) is 4.79 Å². The summed E-state index contributed by atoms with van der Waals surface area (Å²) in [4.78, 5) is 15.0. The average molecular weight is 419 g/mol. The lowest BCUT2D eigenvalue weighted by Crippen LogP contribution is -2.42. The minimum atomic E-state index is 0.0364. The third-order valence-corrected chi connectivity index (χ3v) is 6.05. The first-order valence-corrected chi connectivity index (χ1v) is 10.8. The molecule has 1 aromatic heterocycles. The molecule has 6 heteroatoms. The van der Waals surface area contributed by atoms with Gasteiger partial charge in [0.1, 0.15) is 5.75 Å². The molecule has 6 nitrogen and oxygen atoms in total. The molecule has 1 saturated heterocycles. The molecule has 1 aliphatic rings. The van der Waals surface area contributed by atoms with Gasteiger partial charge in [-0.3, -0.25) is 9.69 Å². The van der Waals surface area contributed by atoms with Crippen LogP contribution in [-0.2, 0) is 11.2 Å². The van der Waals surface area contributed by atoms with Crippen molar-refractivity contribution in [1.82, 2.24) is 20.0 Å². The van der Waals surface area contributed by atoms with E-state index in [0.717, 1.165) is 36.4 Å². The highest BCUT2D eigenvalue weighted by atomic mass is 16.5. The Hall–Kier alpha value is -3.12. The molecule has 0 aliphatic carbocycles. The monoisotopic (exact) mass is 418 g/mol. The maximum Gasteiger partial charge on any atom is 0.224 e. The molecule has 1 aliphatic heterocycles. The van der Waals surface area contributed by atoms with Gasteiger partial charge in [0.2, 0.25) is 5.91 Å². The average Bonchev–Trinajstić information content (AvgIpc) is 3.27. The van der Waals surface area contributed by atoms with Gasteiger partial charge in [-0.05, 0) is 67.7 Å². The Morgan fingerprint density at radius 3 is 2.68 bits per heavy atom. The molecule has 0 bridgehead atoms. The SMILES string of the molecule is COc1ccc(C2C(CNC(=O)Cc3cnn(-c4ccccc4)c3)CCCN2C)cc1. The van der Waals surface area contributed by atoms with Crippen molar-refractivity contribution in [2.24, 2.45) is 5.92 Å². The summed E-state index contributed by atoms with van der Waals surface area (Å²) in [5.74, 6) is 1.28. The van der Waals surface area contributed by atoms with Crippen LogP contribution in [-0.4, -0.2) is 47.8 Å². The highest BCUT2D eigenvalue weighted by molar-refractivity contribution is 5.78. The van der Waals surface area contributed by atoms with Crippen LogP contribution >= 0.6 is 0 Å². The molecule has 4 rings (SSSR count). The van der Waals surface area contributed by atoms with E-state index in [0.29, 0.717) is 24.9 Å². The van der Waals surface area contributed by atoms with Gasteiger partial charge in [-0.15, -0.1) is 0 Å². The summed E-state index contributed by atoms with van der Waals surface area (Å²) in [5.41, 5.74) is 3.17. The Bertz CT molecular complexity index is 984. The van der Waals surface area contributed by atoms with Gasteiger partial charge in [-0.25, -0.2) is 4.68 Å². The topological polar surface area (TPSA) is 59.4 Å². The van der Waals surface area contributed by atoms with E-state index in [-0.39, 0.29) is 5.91 Å². The Kier molecular flexibility index (Phi) is 6.67. The smallest absolute Gasteiger partial charge is 0.224 e. The fourth-order valence-electron chi connectivity index (χ4n) is 4.47. The van der Waals surface area contributed by atoms with E-state index < -0.39 is 0 Å². The van der Waals surface area contributed by atoms with Crippen molar-refractivity contribution in [3.05, 3.63) is 78.1 Å². The highest BCUT2D eigenvalue weighted by Gasteiger charge is 2.30. The first-order valence-electron chi connectivity index (χ1n) is 10.8. The Morgan fingerprint density at radius 1 is 1.16 bits per heavy atom. The van der Waals surface area contributed by atoms with Crippen LogP contribution in [0.25, 0.3) is 5.69 Å². The van der Waals surface area contributed by atoms with Gasteiger partial charge in [0, 0.05) is 18.8 Å². The summed E-state index contributed by atoms with van der Waals surface area (Å²) in [5, 5.41) is 7.55. The lowest BCUT2D eigenvalue weighted by molar-refractivity contribution is -0.120. The van der Waals surface area contributed by atoms with Gasteiger partial charge in [0.25, 0.3) is 0 Å². The maximum absolute atomic E-state index is 12.6. The second-order valence-corrected chi connectivity index (χ2v) is 8.21. The molecule has 2 heterocycles. The Balaban J connectivity index is 1.36. The third kappa shape index (κ3) is 5.14. The predicted octanol–water partition coefficient (Wildman–Crippen LogP) is 3.62. The van der Waals surface area contributed by atoms with E-state index in [1.54, 1.807) is 18.0 Å². The summed E-state index contributed by atoms with van der Waals surface area (Å²) in [6.07, 6.45) is 6.27. The number of piperidine rings is 1. The second-order valence-electron chi connectivity index (χ2n) is 8.21. The number of para-hydroxylation sites is 1. The normalized spacial score (nSPS) is 19.2. The van der Waals surface area contributed by atoms with Gasteiger partial charge in [0.05, 0.1) is 25.4 Å². The van der Waals surface area contributed by atoms with E-state index in [4.69, 9.17) is 4.74 Å². The Morgan fingerprint density at radius 2 is 1.94 bits per heavy atom. The Labute approximate surface area is 183 Å². The minimum absolute atomic E-state index is 0.0364. The zero-order valence-corrected chi connectivity index (χ0v) is 18.2. The third-order valence-electron chi connectivity index (χ3n) is 6.05. The molecule has 31 heavy (non-hydrogen) atoms. The van der Waals surface area contributed by atoms with Crippen molar-refractivity contribution in [3.8, 4) is 11.4 Å². The molecule has 0 radical (unpaired) electrons. The van der Waals surface area contributed by atoms with E-state index in [1.807, 2.05) is 48.7 Å². The van der Waals surface area contributed by atoms with Gasteiger partial charge < -0.3 is 10.1 Å². The number of methoxy groups -OCH3 is 1. The van der Waals surface area contributed by atoms with E-state index >= 15 is 0 Å². The minimum Gasteiger partial charge on any atom is -0.497 e. The van der Waals surface area contributed by atoms with Crippen LogP contribution < -0.4 is 10.1 Å². The van der Waals surface area contributed by atoms with Crippen LogP contribution in [0, 0.1) is 5.92 Å². The summed E-state index contributed by atoms with van der Waals surface area (Å²) in [6.45, 7) is 1.74. The van der Waals surface area contributed by atoms with Crippen LogP contribution in [0.1, 0.15) is 30.0 Å². The molecule has 0 spiro atoms. The number of nitrogens with zero attached hydrogens (tertiary/aromatic N) is 3. The van der Waals surface area contributed by atoms with Gasteiger partial charge in [-0.1, -0.05) is 30.3 Å². The molecule has 0 saturated carbocycles. The van der Waals surface area contributed by atoms with Crippen LogP contribution in [0.3, 0.4) is 0 Å². The number of carbonyl (C=O) groups excluding carboxylic acids is 1. The van der Waals surface area contributed by atoms with Crippen LogP contribution in [0.15, 0.2) is 67.0 Å². The molecule has 3 aromatic rings. The zero-order valence-electron chi connectivity index (χ0n) is 18.2. The molecular formula is C25H30N4O2. The molecule has 2 unspecified atom stereocenters. The summed E-state index contributed by atoms with van der Waals surface area (Å²) < 4.78 is 7.10. The molecule has 2 aromatic carbocycles.